The quantitative estimate of drug-likeness (QED) is 0.836. The van der Waals surface area contributed by atoms with Gasteiger partial charge in [-0.3, -0.25) is 0 Å². The molecular weight excluding hydrogens is 230 g/mol. The summed E-state index contributed by atoms with van der Waals surface area (Å²) in [5.41, 5.74) is 7.13. The molecule has 0 bridgehead atoms. The molecule has 0 aliphatic carbocycles. The van der Waals surface area contributed by atoms with Crippen LogP contribution in [0.15, 0.2) is 22.7 Å². The van der Waals surface area contributed by atoms with Crippen molar-refractivity contribution >= 4 is 22.0 Å². The van der Waals surface area contributed by atoms with Gasteiger partial charge in [-0.15, -0.1) is 0 Å². The third-order valence-electron chi connectivity index (χ3n) is 1.78. The second-order valence-corrected chi connectivity index (χ2v) is 3.57. The summed E-state index contributed by atoms with van der Waals surface area (Å²) in [5, 5.41) is 9.57. The number of aromatic hydroxyl groups is 1. The van der Waals surface area contributed by atoms with Crippen LogP contribution in [0.25, 0.3) is 6.08 Å². The summed E-state index contributed by atoms with van der Waals surface area (Å²) in [7, 11) is 0. The molecule has 70 valence electrons. The molecule has 1 aromatic rings. The van der Waals surface area contributed by atoms with E-state index in [-0.39, 0.29) is 0 Å². The van der Waals surface area contributed by atoms with E-state index in [1.54, 1.807) is 0 Å². The molecule has 0 heterocycles. The fourth-order valence-corrected chi connectivity index (χ4v) is 1.58. The number of hydrogen-bond donors (Lipinski definition) is 2. The average Bonchev–Trinajstić information content (AvgIpc) is 2.13. The number of rotatable bonds is 2. The van der Waals surface area contributed by atoms with Crippen molar-refractivity contribution in [2.75, 3.05) is 6.54 Å². The van der Waals surface area contributed by atoms with Gasteiger partial charge in [0.15, 0.2) is 0 Å². The number of halogens is 1. The smallest absolute Gasteiger partial charge is 0.133 e. The molecule has 0 unspecified atom stereocenters. The molecule has 2 nitrogen and oxygen atoms in total. The summed E-state index contributed by atoms with van der Waals surface area (Å²) >= 11 is 3.32. The number of phenolic OH excluding ortho intramolecular Hbond substituents is 1. The molecule has 0 amide bonds. The van der Waals surface area contributed by atoms with Crippen molar-refractivity contribution in [3.05, 3.63) is 33.8 Å². The fourth-order valence-electron chi connectivity index (χ4n) is 1.00. The Morgan fingerprint density at radius 2 is 2.23 bits per heavy atom. The van der Waals surface area contributed by atoms with E-state index in [1.807, 2.05) is 31.2 Å². The Bertz CT molecular complexity index is 334. The molecule has 0 aliphatic rings. The first-order valence-corrected chi connectivity index (χ1v) is 4.80. The third kappa shape index (κ3) is 2.32. The lowest BCUT2D eigenvalue weighted by molar-refractivity contribution is 0.467. The van der Waals surface area contributed by atoms with Gasteiger partial charge in [0, 0.05) is 6.54 Å². The van der Waals surface area contributed by atoms with Crippen LogP contribution in [-0.2, 0) is 0 Å². The maximum Gasteiger partial charge on any atom is 0.133 e. The minimum Gasteiger partial charge on any atom is -0.506 e. The SMILES string of the molecule is Cc1ccc(/C=C/CN)c(Br)c1O. The molecule has 0 saturated heterocycles. The van der Waals surface area contributed by atoms with Crippen LogP contribution < -0.4 is 5.73 Å². The Morgan fingerprint density at radius 3 is 2.85 bits per heavy atom. The first-order chi connectivity index (χ1) is 6.16. The number of benzene rings is 1. The summed E-state index contributed by atoms with van der Waals surface area (Å²) in [6, 6.07) is 3.81. The van der Waals surface area contributed by atoms with Gasteiger partial charge in [0.25, 0.3) is 0 Å². The van der Waals surface area contributed by atoms with Gasteiger partial charge in [-0.1, -0.05) is 24.3 Å². The summed E-state index contributed by atoms with van der Waals surface area (Å²) in [5.74, 6) is 0.291. The maximum absolute atomic E-state index is 9.57. The lowest BCUT2D eigenvalue weighted by Crippen LogP contribution is -1.92. The van der Waals surface area contributed by atoms with Crippen molar-refractivity contribution in [1.82, 2.24) is 0 Å². The Morgan fingerprint density at radius 1 is 1.54 bits per heavy atom. The van der Waals surface area contributed by atoms with Crippen LogP contribution >= 0.6 is 15.9 Å². The highest BCUT2D eigenvalue weighted by Gasteiger charge is 2.04. The normalized spacial score (nSPS) is 11.0. The van der Waals surface area contributed by atoms with Crippen molar-refractivity contribution in [2.45, 2.75) is 6.92 Å². The maximum atomic E-state index is 9.57. The van der Waals surface area contributed by atoms with E-state index >= 15 is 0 Å². The van der Waals surface area contributed by atoms with Crippen LogP contribution in [0.4, 0.5) is 0 Å². The number of hydrogen-bond acceptors (Lipinski definition) is 2. The van der Waals surface area contributed by atoms with Crippen LogP contribution in [0, 0.1) is 6.92 Å². The van der Waals surface area contributed by atoms with Gasteiger partial charge in [-0.05, 0) is 34.0 Å². The average molecular weight is 242 g/mol. The molecule has 1 rings (SSSR count). The highest BCUT2D eigenvalue weighted by molar-refractivity contribution is 9.10. The molecule has 13 heavy (non-hydrogen) atoms. The van der Waals surface area contributed by atoms with E-state index in [1.165, 1.54) is 0 Å². The van der Waals surface area contributed by atoms with E-state index in [4.69, 9.17) is 5.73 Å². The fraction of sp³-hybridized carbons (Fsp3) is 0.200. The number of nitrogens with two attached hydrogens (primary N) is 1. The van der Waals surface area contributed by atoms with E-state index in [2.05, 4.69) is 15.9 Å². The predicted octanol–water partition coefficient (Wildman–Crippen LogP) is 2.44. The van der Waals surface area contributed by atoms with Crippen molar-refractivity contribution in [3.63, 3.8) is 0 Å². The predicted molar refractivity (Wildman–Crippen MR) is 58.6 cm³/mol. The summed E-state index contributed by atoms with van der Waals surface area (Å²) in [6.07, 6.45) is 3.72. The number of phenols is 1. The summed E-state index contributed by atoms with van der Waals surface area (Å²) in [4.78, 5) is 0. The topological polar surface area (TPSA) is 46.2 Å². The molecule has 3 N–H and O–H groups in total. The molecule has 0 aliphatic heterocycles. The third-order valence-corrected chi connectivity index (χ3v) is 2.61. The van der Waals surface area contributed by atoms with E-state index in [0.717, 1.165) is 15.6 Å². The van der Waals surface area contributed by atoms with Gasteiger partial charge < -0.3 is 10.8 Å². The van der Waals surface area contributed by atoms with E-state index in [0.29, 0.717) is 12.3 Å². The largest absolute Gasteiger partial charge is 0.506 e. The number of aryl methyl sites for hydroxylation is 1. The standard InChI is InChI=1S/C10H12BrNO/c1-7-4-5-8(3-2-6-12)9(11)10(7)13/h2-5,13H,6,12H2,1H3/b3-2+. The zero-order valence-electron chi connectivity index (χ0n) is 7.42. The van der Waals surface area contributed by atoms with Crippen molar-refractivity contribution in [3.8, 4) is 5.75 Å². The van der Waals surface area contributed by atoms with Crippen LogP contribution in [0.5, 0.6) is 5.75 Å². The summed E-state index contributed by atoms with van der Waals surface area (Å²) in [6.45, 7) is 2.36. The summed E-state index contributed by atoms with van der Waals surface area (Å²) < 4.78 is 0.720. The van der Waals surface area contributed by atoms with Crippen molar-refractivity contribution < 1.29 is 5.11 Å². The second kappa shape index (κ2) is 4.44. The Kier molecular flexibility index (Phi) is 3.51. The Labute approximate surface area is 86.2 Å². The zero-order chi connectivity index (χ0) is 9.84. The zero-order valence-corrected chi connectivity index (χ0v) is 9.01. The van der Waals surface area contributed by atoms with Crippen molar-refractivity contribution in [1.29, 1.82) is 0 Å². The van der Waals surface area contributed by atoms with Gasteiger partial charge in [-0.2, -0.15) is 0 Å². The van der Waals surface area contributed by atoms with Gasteiger partial charge >= 0.3 is 0 Å². The molecule has 1 aromatic carbocycles. The van der Waals surface area contributed by atoms with Gasteiger partial charge in [0.05, 0.1) is 4.47 Å². The molecule has 0 aromatic heterocycles. The molecule has 0 atom stereocenters. The second-order valence-electron chi connectivity index (χ2n) is 2.77. The Balaban J connectivity index is 3.11. The molecule has 0 spiro atoms. The van der Waals surface area contributed by atoms with Crippen LogP contribution in [0.3, 0.4) is 0 Å². The lowest BCUT2D eigenvalue weighted by Gasteiger charge is -2.04. The minimum absolute atomic E-state index is 0.291. The highest BCUT2D eigenvalue weighted by Crippen LogP contribution is 2.31. The molecular formula is C10H12BrNO. The molecule has 0 saturated carbocycles. The first kappa shape index (κ1) is 10.3. The van der Waals surface area contributed by atoms with Crippen LogP contribution in [-0.4, -0.2) is 11.7 Å². The molecule has 0 radical (unpaired) electrons. The molecule has 3 heteroatoms. The lowest BCUT2D eigenvalue weighted by atomic mass is 10.1. The minimum atomic E-state index is 0.291. The monoisotopic (exact) mass is 241 g/mol. The van der Waals surface area contributed by atoms with E-state index in [9.17, 15) is 5.11 Å². The van der Waals surface area contributed by atoms with Crippen molar-refractivity contribution in [2.24, 2.45) is 5.73 Å². The Hall–Kier alpha value is -0.800. The van der Waals surface area contributed by atoms with E-state index < -0.39 is 0 Å². The van der Waals surface area contributed by atoms with Crippen LogP contribution in [0.2, 0.25) is 0 Å². The highest BCUT2D eigenvalue weighted by atomic mass is 79.9. The van der Waals surface area contributed by atoms with Gasteiger partial charge in [0.1, 0.15) is 5.75 Å². The van der Waals surface area contributed by atoms with Crippen LogP contribution in [0.1, 0.15) is 11.1 Å². The van der Waals surface area contributed by atoms with Gasteiger partial charge in [-0.25, -0.2) is 0 Å². The first-order valence-electron chi connectivity index (χ1n) is 4.01. The van der Waals surface area contributed by atoms with Gasteiger partial charge in [0.2, 0.25) is 0 Å². The molecule has 0 fully saturated rings.